The summed E-state index contributed by atoms with van der Waals surface area (Å²) in [6.45, 7) is 6.15. The van der Waals surface area contributed by atoms with Gasteiger partial charge in [-0.05, 0) is 13.1 Å². The van der Waals surface area contributed by atoms with Crippen molar-refractivity contribution in [1.29, 1.82) is 0 Å². The van der Waals surface area contributed by atoms with Crippen molar-refractivity contribution < 1.29 is 9.90 Å². The first kappa shape index (κ1) is 12.4. The van der Waals surface area contributed by atoms with E-state index in [-0.39, 0.29) is 5.91 Å². The lowest BCUT2D eigenvalue weighted by Crippen LogP contribution is -2.42. The van der Waals surface area contributed by atoms with Crippen LogP contribution in [0.4, 0.5) is 0 Å². The number of aliphatic hydroxyl groups excluding tert-OH is 1. The number of hydrogen-bond donors (Lipinski definition) is 1. The zero-order valence-corrected chi connectivity index (χ0v) is 8.95. The van der Waals surface area contributed by atoms with E-state index in [0.717, 1.165) is 13.1 Å². The Hall–Kier alpha value is -0.610. The second-order valence-corrected chi connectivity index (χ2v) is 3.23. The van der Waals surface area contributed by atoms with Crippen LogP contribution < -0.4 is 0 Å². The van der Waals surface area contributed by atoms with Crippen molar-refractivity contribution in [3.63, 3.8) is 0 Å². The van der Waals surface area contributed by atoms with Crippen LogP contribution in [0.2, 0.25) is 0 Å². The lowest BCUT2D eigenvalue weighted by atomic mass is 10.3. The largest absolute Gasteiger partial charge is 0.382 e. The first-order valence-electron chi connectivity index (χ1n) is 4.64. The van der Waals surface area contributed by atoms with E-state index < -0.39 is 6.10 Å². The van der Waals surface area contributed by atoms with Gasteiger partial charge in [-0.15, -0.1) is 0 Å². The molecular formula is C9H20N2O2. The van der Waals surface area contributed by atoms with Crippen molar-refractivity contribution in [3.05, 3.63) is 0 Å². The normalized spacial score (nSPS) is 13.1. The highest BCUT2D eigenvalue weighted by Gasteiger charge is 2.18. The molecule has 1 N–H and O–H groups in total. The minimum Gasteiger partial charge on any atom is -0.382 e. The number of amides is 1. The highest BCUT2D eigenvalue weighted by atomic mass is 16.3. The molecule has 1 unspecified atom stereocenters. The zero-order valence-electron chi connectivity index (χ0n) is 8.95. The first-order chi connectivity index (χ1) is 6.02. The van der Waals surface area contributed by atoms with Gasteiger partial charge in [0.05, 0.1) is 0 Å². The van der Waals surface area contributed by atoms with Crippen LogP contribution in [-0.4, -0.2) is 60.6 Å². The van der Waals surface area contributed by atoms with Gasteiger partial charge in [0.15, 0.2) is 0 Å². The van der Waals surface area contributed by atoms with Gasteiger partial charge < -0.3 is 14.9 Å². The molecule has 0 aromatic heterocycles. The standard InChI is InChI=1S/C9H20N2O2/c1-5-11(6-2)7-8(12)9(13)10(3)4/h8,12H,5-7H2,1-4H3. The van der Waals surface area contributed by atoms with Gasteiger partial charge in [0, 0.05) is 20.6 Å². The Morgan fingerprint density at radius 1 is 1.31 bits per heavy atom. The first-order valence-corrected chi connectivity index (χ1v) is 4.64. The van der Waals surface area contributed by atoms with Crippen LogP contribution in [0.25, 0.3) is 0 Å². The van der Waals surface area contributed by atoms with Gasteiger partial charge in [-0.1, -0.05) is 13.8 Å². The molecule has 0 aliphatic rings. The van der Waals surface area contributed by atoms with Crippen molar-refractivity contribution >= 4 is 5.91 Å². The summed E-state index contributed by atoms with van der Waals surface area (Å²) >= 11 is 0. The molecule has 0 radical (unpaired) electrons. The summed E-state index contributed by atoms with van der Waals surface area (Å²) in [4.78, 5) is 14.7. The van der Waals surface area contributed by atoms with E-state index in [2.05, 4.69) is 0 Å². The fraction of sp³-hybridized carbons (Fsp3) is 0.889. The number of aliphatic hydroxyl groups is 1. The Labute approximate surface area is 80.1 Å². The van der Waals surface area contributed by atoms with Gasteiger partial charge in [0.25, 0.3) is 5.91 Å². The van der Waals surface area contributed by atoms with Crippen LogP contribution in [0, 0.1) is 0 Å². The Morgan fingerprint density at radius 3 is 2.08 bits per heavy atom. The van der Waals surface area contributed by atoms with E-state index in [9.17, 15) is 9.90 Å². The molecule has 0 aromatic carbocycles. The molecule has 0 bridgehead atoms. The molecule has 0 saturated carbocycles. The lowest BCUT2D eigenvalue weighted by molar-refractivity contribution is -0.138. The third kappa shape index (κ3) is 4.24. The number of carbonyl (C=O) groups is 1. The van der Waals surface area contributed by atoms with E-state index in [1.54, 1.807) is 14.1 Å². The number of rotatable bonds is 5. The maximum absolute atomic E-state index is 11.3. The summed E-state index contributed by atoms with van der Waals surface area (Å²) in [5, 5.41) is 9.49. The molecule has 4 heteroatoms. The molecule has 0 fully saturated rings. The number of likely N-dealkylation sites (N-methyl/N-ethyl adjacent to an activating group) is 2. The fourth-order valence-corrected chi connectivity index (χ4v) is 1.10. The Morgan fingerprint density at radius 2 is 1.77 bits per heavy atom. The van der Waals surface area contributed by atoms with Crippen LogP contribution >= 0.6 is 0 Å². The molecule has 0 aliphatic heterocycles. The van der Waals surface area contributed by atoms with Crippen molar-refractivity contribution in [2.75, 3.05) is 33.7 Å². The Bertz CT molecular complexity index is 156. The number of carbonyl (C=O) groups excluding carboxylic acids is 1. The van der Waals surface area contributed by atoms with Crippen LogP contribution in [0.3, 0.4) is 0 Å². The SMILES string of the molecule is CCN(CC)CC(O)C(=O)N(C)C. The van der Waals surface area contributed by atoms with Crippen molar-refractivity contribution in [2.45, 2.75) is 20.0 Å². The molecule has 13 heavy (non-hydrogen) atoms. The minimum absolute atomic E-state index is 0.230. The molecule has 1 amide bonds. The van der Waals surface area contributed by atoms with E-state index in [0.29, 0.717) is 6.54 Å². The zero-order chi connectivity index (χ0) is 10.4. The summed E-state index contributed by atoms with van der Waals surface area (Å²) in [6, 6.07) is 0. The second-order valence-electron chi connectivity index (χ2n) is 3.23. The van der Waals surface area contributed by atoms with Crippen LogP contribution in [0.15, 0.2) is 0 Å². The summed E-state index contributed by atoms with van der Waals surface area (Å²) in [7, 11) is 3.29. The minimum atomic E-state index is -0.894. The lowest BCUT2D eigenvalue weighted by Gasteiger charge is -2.23. The maximum Gasteiger partial charge on any atom is 0.252 e. The molecular weight excluding hydrogens is 168 g/mol. The molecule has 0 saturated heterocycles. The molecule has 1 atom stereocenters. The van der Waals surface area contributed by atoms with Crippen molar-refractivity contribution in [3.8, 4) is 0 Å². The van der Waals surface area contributed by atoms with Gasteiger partial charge in [0.1, 0.15) is 6.10 Å². The molecule has 4 nitrogen and oxygen atoms in total. The van der Waals surface area contributed by atoms with Crippen molar-refractivity contribution in [2.24, 2.45) is 0 Å². The van der Waals surface area contributed by atoms with Gasteiger partial charge in [-0.3, -0.25) is 4.79 Å². The van der Waals surface area contributed by atoms with Gasteiger partial charge >= 0.3 is 0 Å². The third-order valence-corrected chi connectivity index (χ3v) is 2.05. The molecule has 0 heterocycles. The number of nitrogens with zero attached hydrogens (tertiary/aromatic N) is 2. The average molecular weight is 188 g/mol. The monoisotopic (exact) mass is 188 g/mol. The maximum atomic E-state index is 11.3. The number of hydrogen-bond acceptors (Lipinski definition) is 3. The van der Waals surface area contributed by atoms with Gasteiger partial charge in [-0.2, -0.15) is 0 Å². The van der Waals surface area contributed by atoms with Crippen LogP contribution in [0.5, 0.6) is 0 Å². The summed E-state index contributed by atoms with van der Waals surface area (Å²) in [5.74, 6) is -0.230. The molecule has 0 spiro atoms. The smallest absolute Gasteiger partial charge is 0.252 e. The average Bonchev–Trinajstić information content (AvgIpc) is 2.12. The Kier molecular flexibility index (Phi) is 5.66. The quantitative estimate of drug-likeness (QED) is 0.648. The van der Waals surface area contributed by atoms with E-state index >= 15 is 0 Å². The van der Waals surface area contributed by atoms with Crippen LogP contribution in [-0.2, 0) is 4.79 Å². The van der Waals surface area contributed by atoms with Gasteiger partial charge in [0.2, 0.25) is 0 Å². The third-order valence-electron chi connectivity index (χ3n) is 2.05. The molecule has 78 valence electrons. The molecule has 0 aliphatic carbocycles. The predicted octanol–water partition coefficient (Wildman–Crippen LogP) is -0.223. The van der Waals surface area contributed by atoms with E-state index in [1.165, 1.54) is 4.90 Å². The molecule has 0 aromatic rings. The van der Waals surface area contributed by atoms with E-state index in [1.807, 2.05) is 18.7 Å². The summed E-state index contributed by atoms with van der Waals surface area (Å²) < 4.78 is 0. The summed E-state index contributed by atoms with van der Waals surface area (Å²) in [6.07, 6.45) is -0.894. The van der Waals surface area contributed by atoms with Crippen LogP contribution in [0.1, 0.15) is 13.8 Å². The van der Waals surface area contributed by atoms with Crippen molar-refractivity contribution in [1.82, 2.24) is 9.80 Å². The highest BCUT2D eigenvalue weighted by molar-refractivity contribution is 5.80. The second kappa shape index (κ2) is 5.94. The van der Waals surface area contributed by atoms with Gasteiger partial charge in [-0.25, -0.2) is 0 Å². The summed E-state index contributed by atoms with van der Waals surface area (Å²) in [5.41, 5.74) is 0. The van der Waals surface area contributed by atoms with E-state index in [4.69, 9.17) is 0 Å². The fourth-order valence-electron chi connectivity index (χ4n) is 1.10. The Balaban J connectivity index is 3.97. The predicted molar refractivity (Wildman–Crippen MR) is 52.5 cm³/mol. The topological polar surface area (TPSA) is 43.8 Å². The highest BCUT2D eigenvalue weighted by Crippen LogP contribution is 1.95. The molecule has 0 rings (SSSR count).